The molecule has 0 bridgehead atoms. The quantitative estimate of drug-likeness (QED) is 0.207. The monoisotopic (exact) mass is 549 g/mol. The Hall–Kier alpha value is -4.07. The fourth-order valence-corrected chi connectivity index (χ4v) is 4.37. The largest absolute Gasteiger partial charge is 0.497 e. The zero-order valence-electron chi connectivity index (χ0n) is 20.5. The standard InChI is InChI=1S/C29H25Cl2N3O4/c1-38-23-9-4-19(16-33-22-7-2-18(3-8-22)24-10-6-21(30)14-26(24)31)25(15-23)20-5-11-27(34-17-20)29(37)32-13-12-28(35)36/h2-11,14-15,17,33H,12-13,16H2,1H3,(H,32,37)(H,35,36). The fraction of sp³-hybridized carbons (Fsp3) is 0.138. The van der Waals surface area contributed by atoms with Gasteiger partial charge in [0.25, 0.3) is 5.91 Å². The van der Waals surface area contributed by atoms with Crippen molar-refractivity contribution in [2.24, 2.45) is 0 Å². The number of carboxylic acid groups (broad SMARTS) is 1. The molecular weight excluding hydrogens is 525 g/mol. The Morgan fingerprint density at radius 2 is 1.68 bits per heavy atom. The van der Waals surface area contributed by atoms with Gasteiger partial charge in [-0.15, -0.1) is 0 Å². The third-order valence-electron chi connectivity index (χ3n) is 5.86. The van der Waals surface area contributed by atoms with Crippen LogP contribution in [0.5, 0.6) is 5.75 Å². The summed E-state index contributed by atoms with van der Waals surface area (Å²) in [5.41, 5.74) is 5.78. The van der Waals surface area contributed by atoms with Gasteiger partial charge in [0.1, 0.15) is 11.4 Å². The second kappa shape index (κ2) is 12.4. The molecule has 0 atom stereocenters. The number of amides is 1. The van der Waals surface area contributed by atoms with Gasteiger partial charge in [0.15, 0.2) is 0 Å². The van der Waals surface area contributed by atoms with E-state index in [0.717, 1.165) is 33.5 Å². The van der Waals surface area contributed by atoms with Crippen LogP contribution in [-0.2, 0) is 11.3 Å². The molecule has 38 heavy (non-hydrogen) atoms. The van der Waals surface area contributed by atoms with Gasteiger partial charge < -0.3 is 20.5 Å². The highest BCUT2D eigenvalue weighted by Crippen LogP contribution is 2.32. The molecule has 0 saturated heterocycles. The lowest BCUT2D eigenvalue weighted by Gasteiger charge is -2.14. The number of hydrogen-bond donors (Lipinski definition) is 3. The van der Waals surface area contributed by atoms with E-state index in [0.29, 0.717) is 22.3 Å². The van der Waals surface area contributed by atoms with Crippen LogP contribution >= 0.6 is 23.2 Å². The van der Waals surface area contributed by atoms with E-state index in [2.05, 4.69) is 15.6 Å². The zero-order valence-corrected chi connectivity index (χ0v) is 22.0. The minimum Gasteiger partial charge on any atom is -0.497 e. The normalized spacial score (nSPS) is 10.6. The maximum atomic E-state index is 12.2. The average molecular weight is 550 g/mol. The summed E-state index contributed by atoms with van der Waals surface area (Å²) < 4.78 is 5.42. The van der Waals surface area contributed by atoms with Crippen molar-refractivity contribution in [3.63, 3.8) is 0 Å². The summed E-state index contributed by atoms with van der Waals surface area (Å²) in [5.74, 6) is -0.702. The molecule has 9 heteroatoms. The van der Waals surface area contributed by atoms with Gasteiger partial charge in [-0.1, -0.05) is 53.5 Å². The van der Waals surface area contributed by atoms with Crippen LogP contribution in [0.1, 0.15) is 22.5 Å². The van der Waals surface area contributed by atoms with Gasteiger partial charge in [-0.05, 0) is 59.2 Å². The molecule has 1 amide bonds. The predicted octanol–water partition coefficient (Wildman–Crippen LogP) is 6.55. The predicted molar refractivity (Wildman–Crippen MR) is 150 cm³/mol. The lowest BCUT2D eigenvalue weighted by atomic mass is 10.00. The summed E-state index contributed by atoms with van der Waals surface area (Å²) >= 11 is 12.4. The minimum atomic E-state index is -0.977. The first-order valence-electron chi connectivity index (χ1n) is 11.8. The second-order valence-electron chi connectivity index (χ2n) is 8.41. The van der Waals surface area contributed by atoms with Crippen LogP contribution in [-0.4, -0.2) is 35.6 Å². The van der Waals surface area contributed by atoms with Crippen LogP contribution in [0.15, 0.2) is 79.0 Å². The van der Waals surface area contributed by atoms with Crippen molar-refractivity contribution < 1.29 is 19.4 Å². The van der Waals surface area contributed by atoms with Gasteiger partial charge in [-0.2, -0.15) is 0 Å². The van der Waals surface area contributed by atoms with Crippen LogP contribution in [0.4, 0.5) is 5.69 Å². The van der Waals surface area contributed by atoms with Crippen LogP contribution < -0.4 is 15.4 Å². The highest BCUT2D eigenvalue weighted by Gasteiger charge is 2.12. The molecular formula is C29H25Cl2N3O4. The molecule has 0 aliphatic carbocycles. The fourth-order valence-electron chi connectivity index (χ4n) is 3.85. The molecule has 3 aromatic carbocycles. The molecule has 4 rings (SSSR count). The number of pyridine rings is 1. The Morgan fingerprint density at radius 1 is 0.921 bits per heavy atom. The smallest absolute Gasteiger partial charge is 0.305 e. The lowest BCUT2D eigenvalue weighted by molar-refractivity contribution is -0.136. The summed E-state index contributed by atoms with van der Waals surface area (Å²) in [5, 5.41) is 15.9. The third kappa shape index (κ3) is 6.82. The number of aromatic nitrogens is 1. The minimum absolute atomic E-state index is 0.0387. The third-order valence-corrected chi connectivity index (χ3v) is 6.41. The molecule has 0 aliphatic heterocycles. The number of carbonyl (C=O) groups is 2. The van der Waals surface area contributed by atoms with E-state index in [9.17, 15) is 9.59 Å². The van der Waals surface area contributed by atoms with E-state index >= 15 is 0 Å². The molecule has 0 fully saturated rings. The first-order chi connectivity index (χ1) is 18.3. The van der Waals surface area contributed by atoms with Gasteiger partial charge in [0.2, 0.25) is 0 Å². The number of anilines is 1. The molecule has 0 radical (unpaired) electrons. The Morgan fingerprint density at radius 3 is 2.34 bits per heavy atom. The maximum absolute atomic E-state index is 12.2. The number of hydrogen-bond acceptors (Lipinski definition) is 5. The van der Waals surface area contributed by atoms with E-state index in [-0.39, 0.29) is 18.7 Å². The van der Waals surface area contributed by atoms with Gasteiger partial charge in [0.05, 0.1) is 13.5 Å². The van der Waals surface area contributed by atoms with Crippen LogP contribution in [0, 0.1) is 0 Å². The molecule has 1 aromatic heterocycles. The van der Waals surface area contributed by atoms with Gasteiger partial charge in [-0.3, -0.25) is 14.6 Å². The molecule has 1 heterocycles. The highest BCUT2D eigenvalue weighted by atomic mass is 35.5. The first kappa shape index (κ1) is 27.0. The van der Waals surface area contributed by atoms with Crippen LogP contribution in [0.3, 0.4) is 0 Å². The average Bonchev–Trinajstić information content (AvgIpc) is 2.92. The van der Waals surface area contributed by atoms with Crippen molar-refractivity contribution >= 4 is 40.8 Å². The first-order valence-corrected chi connectivity index (χ1v) is 12.5. The molecule has 4 aromatic rings. The molecule has 194 valence electrons. The molecule has 0 unspecified atom stereocenters. The summed E-state index contributed by atoms with van der Waals surface area (Å²) in [6, 6.07) is 22.6. The molecule has 7 nitrogen and oxygen atoms in total. The van der Waals surface area contributed by atoms with Gasteiger partial charge >= 0.3 is 5.97 Å². The topological polar surface area (TPSA) is 101 Å². The van der Waals surface area contributed by atoms with Crippen LogP contribution in [0.2, 0.25) is 10.0 Å². The van der Waals surface area contributed by atoms with E-state index in [1.807, 2.05) is 60.7 Å². The van der Waals surface area contributed by atoms with Crippen molar-refractivity contribution in [2.45, 2.75) is 13.0 Å². The highest BCUT2D eigenvalue weighted by molar-refractivity contribution is 6.36. The molecule has 0 aliphatic rings. The number of methoxy groups -OCH3 is 1. The number of rotatable bonds is 10. The summed E-state index contributed by atoms with van der Waals surface area (Å²) in [4.78, 5) is 27.2. The van der Waals surface area contributed by atoms with Crippen LogP contribution in [0.25, 0.3) is 22.3 Å². The van der Waals surface area contributed by atoms with Crippen molar-refractivity contribution in [3.05, 3.63) is 100 Å². The van der Waals surface area contributed by atoms with Crippen molar-refractivity contribution in [1.29, 1.82) is 0 Å². The van der Waals surface area contributed by atoms with Crippen molar-refractivity contribution in [2.75, 3.05) is 19.0 Å². The van der Waals surface area contributed by atoms with Crippen molar-refractivity contribution in [3.8, 4) is 28.0 Å². The number of aliphatic carboxylic acids is 1. The maximum Gasteiger partial charge on any atom is 0.305 e. The lowest BCUT2D eigenvalue weighted by Crippen LogP contribution is -2.26. The Kier molecular flexibility index (Phi) is 8.84. The summed E-state index contributed by atoms with van der Waals surface area (Å²) in [6.45, 7) is 0.578. The van der Waals surface area contributed by atoms with E-state index in [1.165, 1.54) is 0 Å². The van der Waals surface area contributed by atoms with E-state index < -0.39 is 11.9 Å². The number of ether oxygens (including phenoxy) is 1. The summed E-state index contributed by atoms with van der Waals surface area (Å²) in [6.07, 6.45) is 1.47. The number of benzene rings is 3. The Bertz CT molecular complexity index is 1440. The molecule has 0 spiro atoms. The number of halogens is 2. The Labute approximate surface area is 230 Å². The second-order valence-corrected chi connectivity index (χ2v) is 9.25. The van der Waals surface area contributed by atoms with Gasteiger partial charge in [-0.25, -0.2) is 0 Å². The number of carboxylic acids is 1. The van der Waals surface area contributed by atoms with Gasteiger partial charge in [0, 0.05) is 46.1 Å². The number of nitrogens with one attached hydrogen (secondary N) is 2. The Balaban J connectivity index is 1.48. The summed E-state index contributed by atoms with van der Waals surface area (Å²) in [7, 11) is 1.61. The number of carbonyl (C=O) groups excluding carboxylic acids is 1. The SMILES string of the molecule is COc1ccc(CNc2ccc(-c3ccc(Cl)cc3Cl)cc2)c(-c2ccc(C(=O)NCCC(=O)O)nc2)c1. The number of nitrogens with zero attached hydrogens (tertiary/aromatic N) is 1. The molecule has 3 N–H and O–H groups in total. The van der Waals surface area contributed by atoms with Crippen molar-refractivity contribution in [1.82, 2.24) is 10.3 Å². The van der Waals surface area contributed by atoms with E-state index in [1.54, 1.807) is 25.4 Å². The molecule has 0 saturated carbocycles. The zero-order chi connectivity index (χ0) is 27.1. The van der Waals surface area contributed by atoms with E-state index in [4.69, 9.17) is 33.0 Å².